The van der Waals surface area contributed by atoms with Crippen molar-refractivity contribution in [2.24, 2.45) is 0 Å². The molecule has 1 aliphatic rings. The van der Waals surface area contributed by atoms with E-state index in [1.54, 1.807) is 7.11 Å². The van der Waals surface area contributed by atoms with E-state index >= 15 is 0 Å². The van der Waals surface area contributed by atoms with Crippen LogP contribution < -0.4 is 10.1 Å². The monoisotopic (exact) mass is 279 g/mol. The average Bonchev–Trinajstić information content (AvgIpc) is 2.43. The summed E-state index contributed by atoms with van der Waals surface area (Å²) in [4.78, 5) is 0. The Kier molecular flexibility index (Phi) is 5.40. The van der Waals surface area contributed by atoms with Gasteiger partial charge in [0.1, 0.15) is 18.0 Å². The molecule has 1 N–H and O–H groups in total. The van der Waals surface area contributed by atoms with E-state index in [0.717, 1.165) is 12.2 Å². The third-order valence-electron chi connectivity index (χ3n) is 3.98. The Balaban J connectivity index is 1.92. The van der Waals surface area contributed by atoms with Gasteiger partial charge in [0.05, 0.1) is 13.2 Å². The highest BCUT2D eigenvalue weighted by Gasteiger charge is 2.43. The fourth-order valence-corrected chi connectivity index (χ4v) is 2.43. The maximum absolute atomic E-state index is 6.06. The van der Waals surface area contributed by atoms with E-state index in [-0.39, 0.29) is 12.2 Å². The summed E-state index contributed by atoms with van der Waals surface area (Å²) in [7, 11) is 3.65. The number of ether oxygens (including phenoxy) is 3. The van der Waals surface area contributed by atoms with E-state index in [0.29, 0.717) is 19.3 Å². The molecule has 0 radical (unpaired) electrons. The Bertz CT molecular complexity index is 436. The zero-order valence-electron chi connectivity index (χ0n) is 12.8. The maximum atomic E-state index is 6.06. The van der Waals surface area contributed by atoms with Crippen LogP contribution in [0.1, 0.15) is 17.5 Å². The van der Waals surface area contributed by atoms with Crippen molar-refractivity contribution in [3.05, 3.63) is 29.3 Å². The van der Waals surface area contributed by atoms with Gasteiger partial charge < -0.3 is 19.5 Å². The highest BCUT2D eigenvalue weighted by molar-refractivity contribution is 5.34. The minimum atomic E-state index is 0.0942. The normalized spacial score (nSPS) is 25.3. The lowest BCUT2D eigenvalue weighted by Crippen LogP contribution is -2.60. The summed E-state index contributed by atoms with van der Waals surface area (Å²) in [5.74, 6) is 0.924. The highest BCUT2D eigenvalue weighted by Crippen LogP contribution is 2.29. The van der Waals surface area contributed by atoms with E-state index < -0.39 is 0 Å². The molecule has 0 aromatic heterocycles. The summed E-state index contributed by atoms with van der Waals surface area (Å²) in [6.45, 7) is 5.43. The first kappa shape index (κ1) is 15.3. The van der Waals surface area contributed by atoms with Crippen LogP contribution in [-0.2, 0) is 9.47 Å². The number of likely N-dealkylation sites (N-methyl/N-ethyl adjacent to an activating group) is 1. The molecule has 4 heteroatoms. The number of nitrogens with one attached hydrogen (secondary N) is 1. The average molecular weight is 279 g/mol. The van der Waals surface area contributed by atoms with Crippen molar-refractivity contribution in [2.75, 3.05) is 27.4 Å². The molecule has 2 rings (SSSR count). The summed E-state index contributed by atoms with van der Waals surface area (Å²) in [6.07, 6.45) is 1.18. The van der Waals surface area contributed by atoms with Gasteiger partial charge in [0.2, 0.25) is 0 Å². The fraction of sp³-hybridized carbons (Fsp3) is 0.625. The third-order valence-corrected chi connectivity index (χ3v) is 3.98. The highest BCUT2D eigenvalue weighted by atomic mass is 16.6. The van der Waals surface area contributed by atoms with E-state index in [1.807, 2.05) is 13.1 Å². The Morgan fingerprint density at radius 1 is 1.20 bits per heavy atom. The minimum absolute atomic E-state index is 0.0942. The van der Waals surface area contributed by atoms with Crippen molar-refractivity contribution in [1.82, 2.24) is 5.32 Å². The summed E-state index contributed by atoms with van der Waals surface area (Å²) >= 11 is 0. The van der Waals surface area contributed by atoms with Gasteiger partial charge in [-0.05, 0) is 44.2 Å². The molecule has 0 spiro atoms. The number of rotatable bonds is 7. The predicted octanol–water partition coefficient (Wildman–Crippen LogP) is 2.07. The van der Waals surface area contributed by atoms with Crippen molar-refractivity contribution in [1.29, 1.82) is 0 Å². The van der Waals surface area contributed by atoms with Gasteiger partial charge in [0.15, 0.2) is 0 Å². The van der Waals surface area contributed by atoms with Gasteiger partial charge in [-0.3, -0.25) is 0 Å². The first-order valence-corrected chi connectivity index (χ1v) is 7.17. The minimum Gasteiger partial charge on any atom is -0.488 e. The largest absolute Gasteiger partial charge is 0.488 e. The molecule has 20 heavy (non-hydrogen) atoms. The number of benzene rings is 1. The second kappa shape index (κ2) is 7.07. The molecule has 1 saturated carbocycles. The van der Waals surface area contributed by atoms with Gasteiger partial charge in [0.25, 0.3) is 0 Å². The van der Waals surface area contributed by atoms with Crippen molar-refractivity contribution >= 4 is 0 Å². The van der Waals surface area contributed by atoms with Crippen LogP contribution in [0.15, 0.2) is 18.2 Å². The number of hydrogen-bond donors (Lipinski definition) is 1. The second-order valence-electron chi connectivity index (χ2n) is 5.36. The molecule has 1 aromatic carbocycles. The molecule has 112 valence electrons. The maximum Gasteiger partial charge on any atom is 0.128 e. The van der Waals surface area contributed by atoms with Crippen LogP contribution in [0.4, 0.5) is 0 Å². The summed E-state index contributed by atoms with van der Waals surface area (Å²) in [6, 6.07) is 6.58. The molecule has 0 aliphatic heterocycles. The smallest absolute Gasteiger partial charge is 0.128 e. The molecule has 0 saturated heterocycles. The molecule has 0 amide bonds. The quantitative estimate of drug-likeness (QED) is 0.776. The Hall–Kier alpha value is -1.10. The summed E-state index contributed by atoms with van der Waals surface area (Å²) < 4.78 is 16.9. The van der Waals surface area contributed by atoms with Crippen LogP contribution in [-0.4, -0.2) is 45.6 Å². The van der Waals surface area contributed by atoms with Gasteiger partial charge >= 0.3 is 0 Å². The molecule has 0 heterocycles. The Morgan fingerprint density at radius 2 is 2.00 bits per heavy atom. The molecule has 4 nitrogen and oxygen atoms in total. The third kappa shape index (κ3) is 3.51. The van der Waals surface area contributed by atoms with Gasteiger partial charge in [0, 0.05) is 19.6 Å². The Morgan fingerprint density at radius 3 is 2.65 bits per heavy atom. The topological polar surface area (TPSA) is 39.7 Å². The van der Waals surface area contributed by atoms with Gasteiger partial charge in [-0.15, -0.1) is 0 Å². The Labute approximate surface area is 121 Å². The van der Waals surface area contributed by atoms with Crippen LogP contribution in [0, 0.1) is 13.8 Å². The summed E-state index contributed by atoms with van der Waals surface area (Å²) in [5, 5.41) is 3.27. The standard InChI is InChI=1S/C16H25NO3/c1-11-5-6-13(9-12(11)2)20-15-10-14(17-3)16(15)19-8-7-18-4/h5-6,9,14-17H,7-8,10H2,1-4H3. The van der Waals surface area contributed by atoms with E-state index in [2.05, 4.69) is 31.3 Å². The lowest BCUT2D eigenvalue weighted by molar-refractivity contribution is -0.114. The fourth-order valence-electron chi connectivity index (χ4n) is 2.43. The van der Waals surface area contributed by atoms with E-state index in [4.69, 9.17) is 14.2 Å². The molecule has 1 aliphatic carbocycles. The van der Waals surface area contributed by atoms with Gasteiger partial charge in [-0.25, -0.2) is 0 Å². The molecule has 0 bridgehead atoms. The number of aryl methyl sites for hydroxylation is 2. The van der Waals surface area contributed by atoms with Crippen LogP contribution in [0.2, 0.25) is 0 Å². The molecule has 1 fully saturated rings. The van der Waals surface area contributed by atoms with Crippen molar-refractivity contribution in [2.45, 2.75) is 38.5 Å². The van der Waals surface area contributed by atoms with Crippen LogP contribution in [0.25, 0.3) is 0 Å². The van der Waals surface area contributed by atoms with Crippen molar-refractivity contribution in [3.8, 4) is 5.75 Å². The van der Waals surface area contributed by atoms with Crippen LogP contribution in [0.5, 0.6) is 5.75 Å². The molecule has 3 unspecified atom stereocenters. The molecule has 1 aromatic rings. The van der Waals surface area contributed by atoms with Crippen molar-refractivity contribution < 1.29 is 14.2 Å². The van der Waals surface area contributed by atoms with Crippen LogP contribution >= 0.6 is 0 Å². The zero-order chi connectivity index (χ0) is 14.5. The van der Waals surface area contributed by atoms with Gasteiger partial charge in [-0.1, -0.05) is 6.07 Å². The lowest BCUT2D eigenvalue weighted by Gasteiger charge is -2.43. The zero-order valence-corrected chi connectivity index (χ0v) is 12.8. The lowest BCUT2D eigenvalue weighted by atomic mass is 9.85. The molecule has 3 atom stereocenters. The van der Waals surface area contributed by atoms with Crippen LogP contribution in [0.3, 0.4) is 0 Å². The summed E-state index contributed by atoms with van der Waals surface area (Å²) in [5.41, 5.74) is 2.54. The van der Waals surface area contributed by atoms with E-state index in [9.17, 15) is 0 Å². The predicted molar refractivity (Wildman–Crippen MR) is 79.4 cm³/mol. The SMILES string of the molecule is CNC1CC(Oc2ccc(C)c(C)c2)C1OCCOC. The number of methoxy groups -OCH3 is 1. The van der Waals surface area contributed by atoms with Crippen molar-refractivity contribution in [3.63, 3.8) is 0 Å². The second-order valence-corrected chi connectivity index (χ2v) is 5.36. The molecular weight excluding hydrogens is 254 g/mol. The first-order valence-electron chi connectivity index (χ1n) is 7.17. The number of hydrogen-bond acceptors (Lipinski definition) is 4. The van der Waals surface area contributed by atoms with E-state index in [1.165, 1.54) is 11.1 Å². The van der Waals surface area contributed by atoms with Gasteiger partial charge in [-0.2, -0.15) is 0 Å². The molecular formula is C16H25NO3. The first-order chi connectivity index (χ1) is 9.65.